The monoisotopic (exact) mass is 470 g/mol. The number of nitrogens with zero attached hydrogens (tertiary/aromatic N) is 3. The van der Waals surface area contributed by atoms with E-state index in [1.807, 2.05) is 19.1 Å². The Hall–Kier alpha value is -2.29. The number of carbonyl (C=O) groups excluding carboxylic acids is 1. The first-order valence-electron chi connectivity index (χ1n) is 11.1. The lowest BCUT2D eigenvalue weighted by Gasteiger charge is -2.34. The van der Waals surface area contributed by atoms with E-state index in [4.69, 9.17) is 9.72 Å². The Kier molecular flexibility index (Phi) is 7.89. The van der Waals surface area contributed by atoms with Gasteiger partial charge in [-0.25, -0.2) is 4.98 Å². The Morgan fingerprint density at radius 3 is 2.69 bits per heavy atom. The predicted octanol–water partition coefficient (Wildman–Crippen LogP) is 4.03. The number of hydrogen-bond donors (Lipinski definition) is 1. The molecule has 1 saturated heterocycles. The average molecular weight is 471 g/mol. The number of piperazine rings is 1. The maximum absolute atomic E-state index is 12.1. The smallest absolute Gasteiger partial charge is 0.230 e. The van der Waals surface area contributed by atoms with Crippen molar-refractivity contribution in [3.05, 3.63) is 48.0 Å². The summed E-state index contributed by atoms with van der Waals surface area (Å²) in [6.07, 6.45) is 0. The van der Waals surface area contributed by atoms with Crippen molar-refractivity contribution in [3.8, 4) is 5.75 Å². The maximum atomic E-state index is 12.1. The molecular formula is C24H30N4O2S2. The molecule has 0 unspecified atom stereocenters. The molecule has 170 valence electrons. The first kappa shape index (κ1) is 22.9. The van der Waals surface area contributed by atoms with Crippen LogP contribution in [0.1, 0.15) is 12.5 Å². The number of fused-ring (bicyclic) bond motifs is 1. The lowest BCUT2D eigenvalue weighted by molar-refractivity contribution is -0.118. The number of nitrogens with one attached hydrogen (secondary N) is 1. The van der Waals surface area contributed by atoms with Gasteiger partial charge in [0.05, 0.1) is 22.6 Å². The van der Waals surface area contributed by atoms with E-state index in [9.17, 15) is 4.79 Å². The second kappa shape index (κ2) is 11.0. The van der Waals surface area contributed by atoms with Crippen LogP contribution < -0.4 is 15.0 Å². The largest absolute Gasteiger partial charge is 0.494 e. The third-order valence-electron chi connectivity index (χ3n) is 5.44. The summed E-state index contributed by atoms with van der Waals surface area (Å²) in [6.45, 7) is 10.2. The zero-order valence-electron chi connectivity index (χ0n) is 18.7. The van der Waals surface area contributed by atoms with E-state index in [0.717, 1.165) is 54.0 Å². The Labute approximate surface area is 198 Å². The number of rotatable bonds is 9. The summed E-state index contributed by atoms with van der Waals surface area (Å²) in [5.41, 5.74) is 2.26. The standard InChI is InChI=1S/C24H30N4O2S2/c1-3-30-19-6-9-21-22(16-19)32-24(26-21)28-14-12-27(13-15-28)11-10-25-23(29)17-31-20-7-4-18(2)5-8-20/h4-9,16H,3,10-15,17H2,1-2H3,(H,25,29). The molecule has 32 heavy (non-hydrogen) atoms. The molecule has 0 aliphatic carbocycles. The molecule has 2 aromatic carbocycles. The second-order valence-electron chi connectivity index (χ2n) is 7.84. The summed E-state index contributed by atoms with van der Waals surface area (Å²) in [4.78, 5) is 22.8. The molecular weight excluding hydrogens is 440 g/mol. The molecule has 1 fully saturated rings. The Morgan fingerprint density at radius 2 is 1.94 bits per heavy atom. The first-order valence-corrected chi connectivity index (χ1v) is 12.9. The molecule has 0 saturated carbocycles. The normalized spacial score (nSPS) is 14.6. The van der Waals surface area contributed by atoms with Crippen molar-refractivity contribution in [1.82, 2.24) is 15.2 Å². The van der Waals surface area contributed by atoms with E-state index in [2.05, 4.69) is 52.4 Å². The Morgan fingerprint density at radius 1 is 1.16 bits per heavy atom. The highest BCUT2D eigenvalue weighted by Gasteiger charge is 2.20. The van der Waals surface area contributed by atoms with Crippen LogP contribution in [-0.2, 0) is 4.79 Å². The number of amides is 1. The third-order valence-corrected chi connectivity index (χ3v) is 7.53. The van der Waals surface area contributed by atoms with Gasteiger partial charge in [0.25, 0.3) is 0 Å². The minimum Gasteiger partial charge on any atom is -0.494 e. The average Bonchev–Trinajstić information content (AvgIpc) is 3.23. The van der Waals surface area contributed by atoms with Crippen molar-refractivity contribution in [2.75, 3.05) is 56.5 Å². The SMILES string of the molecule is CCOc1ccc2nc(N3CCN(CCNC(=O)CSc4ccc(C)cc4)CC3)sc2c1. The van der Waals surface area contributed by atoms with Crippen LogP contribution in [0, 0.1) is 6.92 Å². The van der Waals surface area contributed by atoms with Gasteiger partial charge in [0, 0.05) is 44.2 Å². The van der Waals surface area contributed by atoms with Gasteiger partial charge in [0.2, 0.25) is 5.91 Å². The van der Waals surface area contributed by atoms with Gasteiger partial charge in [0.15, 0.2) is 5.13 Å². The third kappa shape index (κ3) is 6.15. The Bertz CT molecular complexity index is 1030. The van der Waals surface area contributed by atoms with Gasteiger partial charge in [0.1, 0.15) is 5.75 Å². The molecule has 0 radical (unpaired) electrons. The van der Waals surface area contributed by atoms with Gasteiger partial charge in [-0.15, -0.1) is 11.8 Å². The number of hydrogen-bond acceptors (Lipinski definition) is 7. The van der Waals surface area contributed by atoms with E-state index >= 15 is 0 Å². The van der Waals surface area contributed by atoms with Crippen LogP contribution in [-0.4, -0.2) is 67.4 Å². The zero-order valence-corrected chi connectivity index (χ0v) is 20.3. The van der Waals surface area contributed by atoms with Crippen molar-refractivity contribution in [1.29, 1.82) is 0 Å². The summed E-state index contributed by atoms with van der Waals surface area (Å²) < 4.78 is 6.77. The summed E-state index contributed by atoms with van der Waals surface area (Å²) in [6, 6.07) is 14.4. The van der Waals surface area contributed by atoms with Crippen LogP contribution in [0.4, 0.5) is 5.13 Å². The van der Waals surface area contributed by atoms with E-state index < -0.39 is 0 Å². The molecule has 0 bridgehead atoms. The minimum atomic E-state index is 0.0927. The summed E-state index contributed by atoms with van der Waals surface area (Å²) >= 11 is 3.31. The summed E-state index contributed by atoms with van der Waals surface area (Å²) in [5.74, 6) is 1.45. The van der Waals surface area contributed by atoms with Crippen LogP contribution in [0.5, 0.6) is 5.75 Å². The van der Waals surface area contributed by atoms with Gasteiger partial charge in [-0.1, -0.05) is 29.0 Å². The molecule has 8 heteroatoms. The van der Waals surface area contributed by atoms with E-state index in [1.54, 1.807) is 23.1 Å². The predicted molar refractivity (Wildman–Crippen MR) is 134 cm³/mol. The fraction of sp³-hybridized carbons (Fsp3) is 0.417. The Balaban J connectivity index is 1.17. The van der Waals surface area contributed by atoms with Crippen LogP contribution >= 0.6 is 23.1 Å². The van der Waals surface area contributed by atoms with Crippen molar-refractivity contribution < 1.29 is 9.53 Å². The topological polar surface area (TPSA) is 57.7 Å². The highest BCUT2D eigenvalue weighted by Crippen LogP contribution is 2.32. The lowest BCUT2D eigenvalue weighted by atomic mass is 10.2. The molecule has 6 nitrogen and oxygen atoms in total. The highest BCUT2D eigenvalue weighted by molar-refractivity contribution is 8.00. The maximum Gasteiger partial charge on any atom is 0.230 e. The number of benzene rings is 2. The fourth-order valence-corrected chi connectivity index (χ4v) is 5.41. The lowest BCUT2D eigenvalue weighted by Crippen LogP contribution is -2.48. The van der Waals surface area contributed by atoms with Crippen LogP contribution in [0.15, 0.2) is 47.4 Å². The zero-order chi connectivity index (χ0) is 22.3. The summed E-state index contributed by atoms with van der Waals surface area (Å²) in [5, 5.41) is 4.13. The molecule has 1 aliphatic heterocycles. The number of aromatic nitrogens is 1. The number of anilines is 1. The molecule has 2 heterocycles. The number of thiazole rings is 1. The second-order valence-corrected chi connectivity index (χ2v) is 9.90. The van der Waals surface area contributed by atoms with Gasteiger partial charge < -0.3 is 15.0 Å². The van der Waals surface area contributed by atoms with Crippen LogP contribution in [0.2, 0.25) is 0 Å². The molecule has 0 atom stereocenters. The molecule has 1 aliphatic rings. The molecule has 4 rings (SSSR count). The molecule has 1 amide bonds. The molecule has 1 aromatic heterocycles. The minimum absolute atomic E-state index is 0.0927. The van der Waals surface area contributed by atoms with E-state index in [1.165, 1.54) is 10.3 Å². The van der Waals surface area contributed by atoms with Crippen molar-refractivity contribution in [2.45, 2.75) is 18.7 Å². The molecule has 3 aromatic rings. The van der Waals surface area contributed by atoms with E-state index in [0.29, 0.717) is 18.9 Å². The molecule has 0 spiro atoms. The van der Waals surface area contributed by atoms with Crippen molar-refractivity contribution >= 4 is 44.4 Å². The van der Waals surface area contributed by atoms with Crippen LogP contribution in [0.25, 0.3) is 10.2 Å². The van der Waals surface area contributed by atoms with Crippen molar-refractivity contribution in [3.63, 3.8) is 0 Å². The highest BCUT2D eigenvalue weighted by atomic mass is 32.2. The number of aryl methyl sites for hydroxylation is 1. The van der Waals surface area contributed by atoms with E-state index in [-0.39, 0.29) is 5.91 Å². The van der Waals surface area contributed by atoms with Gasteiger partial charge in [-0.2, -0.15) is 0 Å². The first-order chi connectivity index (χ1) is 15.6. The fourth-order valence-electron chi connectivity index (χ4n) is 3.64. The summed E-state index contributed by atoms with van der Waals surface area (Å²) in [7, 11) is 0. The number of ether oxygens (including phenoxy) is 1. The van der Waals surface area contributed by atoms with Gasteiger partial charge >= 0.3 is 0 Å². The quantitative estimate of drug-likeness (QED) is 0.477. The number of thioether (sulfide) groups is 1. The van der Waals surface area contributed by atoms with Gasteiger partial charge in [-0.05, 0) is 44.2 Å². The number of carbonyl (C=O) groups is 1. The van der Waals surface area contributed by atoms with Gasteiger partial charge in [-0.3, -0.25) is 9.69 Å². The van der Waals surface area contributed by atoms with Crippen molar-refractivity contribution in [2.24, 2.45) is 0 Å². The molecule has 1 N–H and O–H groups in total. The van der Waals surface area contributed by atoms with Crippen LogP contribution in [0.3, 0.4) is 0 Å².